The van der Waals surface area contributed by atoms with Crippen LogP contribution in [0.3, 0.4) is 0 Å². The molecule has 1 aromatic heterocycles. The maximum Gasteiger partial charge on any atom is 0.127 e. The van der Waals surface area contributed by atoms with Crippen LogP contribution < -0.4 is 10.6 Å². The Hall–Kier alpha value is -1.46. The van der Waals surface area contributed by atoms with Crippen molar-refractivity contribution in [1.29, 1.82) is 0 Å². The highest BCUT2D eigenvalue weighted by Gasteiger charge is 2.26. The highest BCUT2D eigenvalue weighted by Crippen LogP contribution is 2.28. The number of allylic oxidation sites excluding steroid dienone is 2. The van der Waals surface area contributed by atoms with Gasteiger partial charge in [-0.15, -0.1) is 0 Å². The number of fused-ring (bicyclic) bond motifs is 1. The fourth-order valence-electron chi connectivity index (χ4n) is 2.10. The van der Waals surface area contributed by atoms with Gasteiger partial charge in [0, 0.05) is 17.5 Å². The predicted octanol–water partition coefficient (Wildman–Crippen LogP) is 0.0237. The number of aromatic nitrogens is 2. The number of nitrogens with one attached hydrogen (secondary N) is 3. The zero-order valence-electron chi connectivity index (χ0n) is 9.37. The molecule has 0 saturated heterocycles. The fraction of sp³-hybridized carbons (Fsp3) is 0.182. The van der Waals surface area contributed by atoms with Crippen molar-refractivity contribution in [3.8, 4) is 0 Å². The van der Waals surface area contributed by atoms with Crippen LogP contribution >= 0.6 is 11.6 Å². The van der Waals surface area contributed by atoms with E-state index in [9.17, 15) is 0 Å². The number of H-pyrrole nitrogens is 1. The maximum atomic E-state index is 6.33. The van der Waals surface area contributed by atoms with E-state index in [1.165, 1.54) is 5.32 Å². The number of nitrogens with zero attached hydrogens (tertiary/aromatic N) is 1. The Labute approximate surface area is 107 Å². The minimum atomic E-state index is -0.207. The van der Waals surface area contributed by atoms with Crippen molar-refractivity contribution in [1.82, 2.24) is 20.8 Å². The standard InChI is InChI=1S/C11H13ClN4Si/c12-11-7(6-4-13-14-5-6)3-9-8(16-11)1-2-10(17)15-9/h1-5,9,11,15-16H,17H3,(H,13,14). The molecule has 0 bridgehead atoms. The first-order chi connectivity index (χ1) is 8.24. The summed E-state index contributed by atoms with van der Waals surface area (Å²) in [6, 6.07) is 0.201. The summed E-state index contributed by atoms with van der Waals surface area (Å²) in [5.41, 5.74) is 3.01. The van der Waals surface area contributed by atoms with E-state index in [1.807, 2.05) is 6.20 Å². The molecule has 2 atom stereocenters. The van der Waals surface area contributed by atoms with E-state index in [4.69, 9.17) is 11.6 Å². The molecule has 0 aliphatic carbocycles. The van der Waals surface area contributed by atoms with Crippen LogP contribution in [0.25, 0.3) is 5.57 Å². The molecule has 0 spiro atoms. The van der Waals surface area contributed by atoms with Gasteiger partial charge in [-0.25, -0.2) is 0 Å². The third-order valence-electron chi connectivity index (χ3n) is 2.98. The van der Waals surface area contributed by atoms with Crippen LogP contribution in [-0.2, 0) is 0 Å². The molecule has 3 N–H and O–H groups in total. The number of dihydropyridines is 1. The smallest absolute Gasteiger partial charge is 0.127 e. The first-order valence-corrected chi connectivity index (χ1v) is 6.94. The second-order valence-electron chi connectivity index (χ2n) is 4.21. The first-order valence-electron chi connectivity index (χ1n) is 5.50. The highest BCUT2D eigenvalue weighted by molar-refractivity contribution is 6.26. The van der Waals surface area contributed by atoms with Crippen LogP contribution in [0.2, 0.25) is 0 Å². The molecular formula is C11H13ClN4Si. The summed E-state index contributed by atoms with van der Waals surface area (Å²) in [6.45, 7) is 0. The summed E-state index contributed by atoms with van der Waals surface area (Å²) < 4.78 is 0. The number of aromatic amines is 1. The van der Waals surface area contributed by atoms with Gasteiger partial charge in [-0.2, -0.15) is 5.10 Å². The topological polar surface area (TPSA) is 52.7 Å². The molecule has 4 nitrogen and oxygen atoms in total. The summed E-state index contributed by atoms with van der Waals surface area (Å²) in [5.74, 6) is 0. The lowest BCUT2D eigenvalue weighted by Crippen LogP contribution is -2.43. The molecule has 3 heterocycles. The molecule has 0 saturated carbocycles. The summed E-state index contributed by atoms with van der Waals surface area (Å²) in [4.78, 5) is 0. The molecule has 17 heavy (non-hydrogen) atoms. The highest BCUT2D eigenvalue weighted by atomic mass is 35.5. The average molecular weight is 265 g/mol. The molecular weight excluding hydrogens is 252 g/mol. The van der Waals surface area contributed by atoms with Gasteiger partial charge in [0.1, 0.15) is 5.50 Å². The van der Waals surface area contributed by atoms with Crippen LogP contribution in [0.15, 0.2) is 41.6 Å². The van der Waals surface area contributed by atoms with Crippen LogP contribution in [-0.4, -0.2) is 32.0 Å². The van der Waals surface area contributed by atoms with E-state index >= 15 is 0 Å². The minimum Gasteiger partial charge on any atom is -0.381 e. The Bertz CT molecular complexity index is 518. The monoisotopic (exact) mass is 264 g/mol. The van der Waals surface area contributed by atoms with Gasteiger partial charge >= 0.3 is 0 Å². The Balaban J connectivity index is 1.97. The van der Waals surface area contributed by atoms with Crippen LogP contribution in [0, 0.1) is 0 Å². The van der Waals surface area contributed by atoms with Crippen molar-refractivity contribution >= 4 is 27.4 Å². The van der Waals surface area contributed by atoms with Crippen LogP contribution in [0.5, 0.6) is 0 Å². The van der Waals surface area contributed by atoms with Crippen molar-refractivity contribution in [3.63, 3.8) is 0 Å². The minimum absolute atomic E-state index is 0.201. The molecule has 2 aliphatic heterocycles. The zero-order chi connectivity index (χ0) is 11.8. The van der Waals surface area contributed by atoms with Crippen molar-refractivity contribution in [2.45, 2.75) is 11.5 Å². The van der Waals surface area contributed by atoms with E-state index in [0.717, 1.165) is 27.1 Å². The Morgan fingerprint density at radius 1 is 1.29 bits per heavy atom. The number of hydrogen-bond acceptors (Lipinski definition) is 3. The molecule has 2 aliphatic rings. The van der Waals surface area contributed by atoms with Gasteiger partial charge < -0.3 is 10.6 Å². The van der Waals surface area contributed by atoms with Crippen molar-refractivity contribution in [2.75, 3.05) is 0 Å². The van der Waals surface area contributed by atoms with Crippen molar-refractivity contribution in [3.05, 3.63) is 47.2 Å². The Morgan fingerprint density at radius 2 is 2.18 bits per heavy atom. The van der Waals surface area contributed by atoms with Crippen molar-refractivity contribution in [2.24, 2.45) is 0 Å². The molecule has 0 fully saturated rings. The SMILES string of the molecule is [SiH3]C1=CC=C2NC(Cl)C(c3cn[nH]c3)=CC2N1. The molecule has 0 amide bonds. The van der Waals surface area contributed by atoms with Gasteiger partial charge in [0.15, 0.2) is 0 Å². The van der Waals surface area contributed by atoms with Gasteiger partial charge in [0.25, 0.3) is 0 Å². The molecule has 1 aromatic rings. The summed E-state index contributed by atoms with van der Waals surface area (Å²) in [5, 5.41) is 14.8. The van der Waals surface area contributed by atoms with Crippen LogP contribution in [0.4, 0.5) is 0 Å². The van der Waals surface area contributed by atoms with E-state index in [-0.39, 0.29) is 11.5 Å². The lowest BCUT2D eigenvalue weighted by atomic mass is 9.99. The third kappa shape index (κ3) is 1.92. The lowest BCUT2D eigenvalue weighted by molar-refractivity contribution is 0.661. The van der Waals surface area contributed by atoms with E-state index in [2.05, 4.69) is 39.1 Å². The summed E-state index contributed by atoms with van der Waals surface area (Å²) in [6.07, 6.45) is 10.0. The van der Waals surface area contributed by atoms with Gasteiger partial charge in [0.2, 0.25) is 0 Å². The van der Waals surface area contributed by atoms with Gasteiger partial charge in [0.05, 0.1) is 22.5 Å². The lowest BCUT2D eigenvalue weighted by Gasteiger charge is -2.32. The van der Waals surface area contributed by atoms with Gasteiger partial charge in [-0.05, 0) is 29.1 Å². The largest absolute Gasteiger partial charge is 0.381 e. The zero-order valence-corrected chi connectivity index (χ0v) is 12.1. The number of hydrogen-bond donors (Lipinski definition) is 3. The van der Waals surface area contributed by atoms with Crippen LogP contribution in [0.1, 0.15) is 5.56 Å². The van der Waals surface area contributed by atoms with E-state index in [0.29, 0.717) is 0 Å². The molecule has 2 unspecified atom stereocenters. The van der Waals surface area contributed by atoms with E-state index in [1.54, 1.807) is 6.20 Å². The molecule has 0 aromatic carbocycles. The van der Waals surface area contributed by atoms with Gasteiger partial charge in [-0.1, -0.05) is 11.6 Å². The number of rotatable bonds is 1. The predicted molar refractivity (Wildman–Crippen MR) is 72.4 cm³/mol. The second-order valence-corrected chi connectivity index (χ2v) is 5.72. The van der Waals surface area contributed by atoms with Gasteiger partial charge in [-0.3, -0.25) is 5.10 Å². The average Bonchev–Trinajstić information content (AvgIpc) is 2.82. The third-order valence-corrected chi connectivity index (χ3v) is 3.94. The quantitative estimate of drug-likeness (QED) is 0.381. The number of halogens is 1. The maximum absolute atomic E-state index is 6.33. The normalized spacial score (nSPS) is 27.2. The first kappa shape index (κ1) is 10.7. The molecule has 88 valence electrons. The Kier molecular flexibility index (Phi) is 2.57. The summed E-state index contributed by atoms with van der Waals surface area (Å²) in [7, 11) is 1.02. The molecule has 3 rings (SSSR count). The van der Waals surface area contributed by atoms with Crippen molar-refractivity contribution < 1.29 is 0 Å². The number of alkyl halides is 1. The second kappa shape index (κ2) is 4.08. The van der Waals surface area contributed by atoms with E-state index < -0.39 is 0 Å². The fourth-order valence-corrected chi connectivity index (χ4v) is 2.90. The molecule has 6 heteroatoms. The molecule has 0 radical (unpaired) electrons. The Morgan fingerprint density at radius 3 is 2.94 bits per heavy atom. The summed E-state index contributed by atoms with van der Waals surface area (Å²) >= 11 is 6.33.